The molecule has 3 heterocycles. The van der Waals surface area contributed by atoms with Gasteiger partial charge >= 0.3 is 0 Å². The molecule has 4 aromatic carbocycles. The lowest BCUT2D eigenvalue weighted by atomic mass is 9.80. The average Bonchev–Trinajstić information content (AvgIpc) is 3.72. The maximum Gasteiger partial charge on any atom is 0.137 e. The van der Waals surface area contributed by atoms with Gasteiger partial charge in [-0.1, -0.05) is 65.8 Å². The number of ether oxygens (including phenoxy) is 1. The Hall–Kier alpha value is -5.16. The lowest BCUT2D eigenvalue weighted by Crippen LogP contribution is -2.09. The average molecular weight is 675 g/mol. The second kappa shape index (κ2) is 13.9. The molecule has 0 spiro atoms. The molecule has 0 saturated heterocycles. The maximum atomic E-state index is 6.58. The number of rotatable bonds is 10. The molecule has 0 atom stereocenters. The third kappa shape index (κ3) is 6.58. The SMILES string of the molecule is Cc1c(C)c(CC(C)C)c(-c2cnn(-c3cccc(Oc4ccc5c6ccccc6n(-c6cc(C(C)C)ccn6)c5c4)c3)c2)c(CC(C)C)c1C. The molecule has 0 N–H and O–H groups in total. The van der Waals surface area contributed by atoms with Gasteiger partial charge in [-0.3, -0.25) is 4.57 Å². The van der Waals surface area contributed by atoms with Crippen LogP contribution in [0, 0.1) is 32.6 Å². The van der Waals surface area contributed by atoms with Crippen LogP contribution in [0.15, 0.2) is 97.5 Å². The second-order valence-electron chi connectivity index (χ2n) is 15.3. The highest BCUT2D eigenvalue weighted by molar-refractivity contribution is 6.09. The normalized spacial score (nSPS) is 11.9. The summed E-state index contributed by atoms with van der Waals surface area (Å²) in [5.74, 6) is 3.96. The highest BCUT2D eigenvalue weighted by atomic mass is 16.5. The van der Waals surface area contributed by atoms with Crippen molar-refractivity contribution in [2.75, 3.05) is 0 Å². The van der Waals surface area contributed by atoms with E-state index in [0.717, 1.165) is 46.9 Å². The number of hydrogen-bond donors (Lipinski definition) is 0. The van der Waals surface area contributed by atoms with Crippen LogP contribution >= 0.6 is 0 Å². The van der Waals surface area contributed by atoms with Gasteiger partial charge in [0.05, 0.1) is 22.9 Å². The van der Waals surface area contributed by atoms with Crippen LogP contribution in [-0.2, 0) is 12.8 Å². The zero-order chi connectivity index (χ0) is 36.0. The van der Waals surface area contributed by atoms with Crippen LogP contribution < -0.4 is 4.74 Å². The Balaban J connectivity index is 1.26. The van der Waals surface area contributed by atoms with E-state index in [4.69, 9.17) is 14.8 Å². The Morgan fingerprint density at radius 3 is 2.06 bits per heavy atom. The van der Waals surface area contributed by atoms with Crippen molar-refractivity contribution in [3.05, 3.63) is 131 Å². The van der Waals surface area contributed by atoms with Crippen molar-refractivity contribution in [2.24, 2.45) is 11.8 Å². The van der Waals surface area contributed by atoms with Crippen LogP contribution in [0.25, 0.3) is 44.4 Å². The zero-order valence-electron chi connectivity index (χ0n) is 31.6. The summed E-state index contributed by atoms with van der Waals surface area (Å²) in [7, 11) is 0. The van der Waals surface area contributed by atoms with Crippen molar-refractivity contribution >= 4 is 21.8 Å². The molecule has 0 fully saturated rings. The van der Waals surface area contributed by atoms with E-state index in [1.807, 2.05) is 29.2 Å². The Morgan fingerprint density at radius 2 is 1.35 bits per heavy atom. The van der Waals surface area contributed by atoms with Gasteiger partial charge in [0.2, 0.25) is 0 Å². The second-order valence-corrected chi connectivity index (χ2v) is 15.3. The van der Waals surface area contributed by atoms with Gasteiger partial charge in [0.25, 0.3) is 0 Å². The summed E-state index contributed by atoms with van der Waals surface area (Å²) in [5, 5.41) is 7.28. The smallest absolute Gasteiger partial charge is 0.137 e. The van der Waals surface area contributed by atoms with Crippen molar-refractivity contribution in [3.63, 3.8) is 0 Å². The first-order chi connectivity index (χ1) is 24.5. The Morgan fingerprint density at radius 1 is 0.667 bits per heavy atom. The van der Waals surface area contributed by atoms with Crippen molar-refractivity contribution in [1.82, 2.24) is 19.3 Å². The molecule has 5 heteroatoms. The van der Waals surface area contributed by atoms with Crippen LogP contribution in [0.1, 0.15) is 80.8 Å². The van der Waals surface area contributed by atoms with Crippen molar-refractivity contribution in [2.45, 2.75) is 81.1 Å². The molecule has 0 radical (unpaired) electrons. The van der Waals surface area contributed by atoms with E-state index < -0.39 is 0 Å². The van der Waals surface area contributed by atoms with Gasteiger partial charge < -0.3 is 4.74 Å². The molecule has 0 saturated carbocycles. The van der Waals surface area contributed by atoms with Crippen LogP contribution in [0.2, 0.25) is 0 Å². The molecular formula is C46H50N4O. The number of pyridine rings is 1. The lowest BCUT2D eigenvalue weighted by Gasteiger charge is -2.24. The monoisotopic (exact) mass is 674 g/mol. The van der Waals surface area contributed by atoms with E-state index in [1.54, 1.807) is 0 Å². The largest absolute Gasteiger partial charge is 0.457 e. The molecule has 5 nitrogen and oxygen atoms in total. The van der Waals surface area contributed by atoms with Gasteiger partial charge in [-0.25, -0.2) is 9.67 Å². The predicted molar refractivity (Wildman–Crippen MR) is 213 cm³/mol. The first kappa shape index (κ1) is 34.3. The summed E-state index contributed by atoms with van der Waals surface area (Å²) >= 11 is 0. The minimum atomic E-state index is 0.409. The van der Waals surface area contributed by atoms with E-state index in [2.05, 4.69) is 140 Å². The van der Waals surface area contributed by atoms with Gasteiger partial charge in [-0.05, 0) is 133 Å². The summed E-state index contributed by atoms with van der Waals surface area (Å²) in [4.78, 5) is 4.81. The van der Waals surface area contributed by atoms with E-state index in [-0.39, 0.29) is 0 Å². The number of hydrogen-bond acceptors (Lipinski definition) is 3. The fraction of sp³-hybridized carbons (Fsp3) is 0.304. The van der Waals surface area contributed by atoms with Gasteiger partial charge in [0.1, 0.15) is 17.3 Å². The van der Waals surface area contributed by atoms with Gasteiger partial charge in [-0.15, -0.1) is 0 Å². The van der Waals surface area contributed by atoms with E-state index >= 15 is 0 Å². The van der Waals surface area contributed by atoms with Gasteiger partial charge in [0.15, 0.2) is 0 Å². The van der Waals surface area contributed by atoms with E-state index in [0.29, 0.717) is 17.8 Å². The molecule has 3 aromatic heterocycles. The molecule has 51 heavy (non-hydrogen) atoms. The summed E-state index contributed by atoms with van der Waals surface area (Å²) in [5.41, 5.74) is 14.1. The first-order valence-corrected chi connectivity index (χ1v) is 18.4. The summed E-state index contributed by atoms with van der Waals surface area (Å²) in [6.45, 7) is 20.6. The Kier molecular flexibility index (Phi) is 9.32. The molecule has 7 aromatic rings. The summed E-state index contributed by atoms with van der Waals surface area (Å²) in [6.07, 6.45) is 8.24. The first-order valence-electron chi connectivity index (χ1n) is 18.4. The predicted octanol–water partition coefficient (Wildman–Crippen LogP) is 12.3. The lowest BCUT2D eigenvalue weighted by molar-refractivity contribution is 0.483. The van der Waals surface area contributed by atoms with Crippen molar-refractivity contribution in [1.29, 1.82) is 0 Å². The number of fused-ring (bicyclic) bond motifs is 3. The fourth-order valence-corrected chi connectivity index (χ4v) is 7.56. The summed E-state index contributed by atoms with van der Waals surface area (Å²) in [6, 6.07) is 27.4. The minimum absolute atomic E-state index is 0.409. The molecular weight excluding hydrogens is 625 g/mol. The topological polar surface area (TPSA) is 44.9 Å². The number of aromatic nitrogens is 4. The van der Waals surface area contributed by atoms with Crippen molar-refractivity contribution < 1.29 is 4.74 Å². The molecule has 0 aliphatic rings. The molecule has 7 rings (SSSR count). The molecule has 0 aliphatic heterocycles. The molecule has 0 aliphatic carbocycles. The van der Waals surface area contributed by atoms with Crippen LogP contribution in [-0.4, -0.2) is 19.3 Å². The molecule has 0 unspecified atom stereocenters. The number of nitrogens with zero attached hydrogens (tertiary/aromatic N) is 4. The quantitative estimate of drug-likeness (QED) is 0.145. The van der Waals surface area contributed by atoms with E-state index in [1.165, 1.54) is 55.3 Å². The number of para-hydroxylation sites is 1. The van der Waals surface area contributed by atoms with Gasteiger partial charge in [0, 0.05) is 40.9 Å². The fourth-order valence-electron chi connectivity index (χ4n) is 7.56. The zero-order valence-corrected chi connectivity index (χ0v) is 31.6. The minimum Gasteiger partial charge on any atom is -0.457 e. The molecule has 260 valence electrons. The molecule has 0 amide bonds. The van der Waals surface area contributed by atoms with Crippen LogP contribution in [0.5, 0.6) is 11.5 Å². The third-order valence-corrected chi connectivity index (χ3v) is 10.4. The van der Waals surface area contributed by atoms with Crippen LogP contribution in [0.3, 0.4) is 0 Å². The highest BCUT2D eigenvalue weighted by Crippen LogP contribution is 2.39. The number of benzene rings is 4. The Bertz CT molecular complexity index is 2330. The Labute approximate surface area is 302 Å². The van der Waals surface area contributed by atoms with Crippen LogP contribution in [0.4, 0.5) is 0 Å². The summed E-state index contributed by atoms with van der Waals surface area (Å²) < 4.78 is 10.8. The maximum absolute atomic E-state index is 6.58. The van der Waals surface area contributed by atoms with Gasteiger partial charge in [-0.2, -0.15) is 5.10 Å². The van der Waals surface area contributed by atoms with Crippen molar-refractivity contribution in [3.8, 4) is 34.1 Å². The third-order valence-electron chi connectivity index (χ3n) is 10.4. The highest BCUT2D eigenvalue weighted by Gasteiger charge is 2.22. The standard InChI is InChI=1S/C46H50N4O/c1-28(2)21-41-32(8)31(7)33(9)42(22-29(3)4)46(41)35-26-48-49(27-35)36-13-12-14-37(24-36)51-38-17-18-40-39-15-10-11-16-43(39)50(44(40)25-38)45-23-34(30(5)6)19-20-47-45/h10-20,23-30H,21-22H2,1-9H3. The van der Waals surface area contributed by atoms with E-state index in [9.17, 15) is 0 Å². The molecule has 0 bridgehead atoms.